The summed E-state index contributed by atoms with van der Waals surface area (Å²) in [6.07, 6.45) is 3.18. The molecule has 1 rings (SSSR count). The van der Waals surface area contributed by atoms with E-state index in [1.165, 1.54) is 0 Å². The fourth-order valence-electron chi connectivity index (χ4n) is 2.63. The van der Waals surface area contributed by atoms with Crippen molar-refractivity contribution in [3.8, 4) is 0 Å². The van der Waals surface area contributed by atoms with Crippen LogP contribution in [-0.4, -0.2) is 29.3 Å². The maximum atomic E-state index is 12.6. The summed E-state index contributed by atoms with van der Waals surface area (Å²) in [4.78, 5) is 14.8. The highest BCUT2D eigenvalue weighted by atomic mass is 16.3. The number of ketones is 1. The van der Waals surface area contributed by atoms with E-state index >= 15 is 0 Å². The van der Waals surface area contributed by atoms with Gasteiger partial charge in [-0.1, -0.05) is 27.7 Å². The molecule has 0 aliphatic carbocycles. The molecule has 0 unspecified atom stereocenters. The van der Waals surface area contributed by atoms with Crippen molar-refractivity contribution in [1.82, 2.24) is 4.90 Å². The van der Waals surface area contributed by atoms with Gasteiger partial charge in [-0.2, -0.15) is 0 Å². The largest absolute Gasteiger partial charge is 0.461 e. The molecule has 0 saturated carbocycles. The summed E-state index contributed by atoms with van der Waals surface area (Å²) in [5.41, 5.74) is -0.415. The number of likely N-dealkylation sites (N-methyl/N-ethyl adjacent to an activating group) is 1. The number of rotatable bonds is 7. The summed E-state index contributed by atoms with van der Waals surface area (Å²) < 4.78 is 5.27. The van der Waals surface area contributed by atoms with Crippen LogP contribution in [0.4, 0.5) is 0 Å². The van der Waals surface area contributed by atoms with Crippen molar-refractivity contribution in [1.29, 1.82) is 0 Å². The Balaban J connectivity index is 3.10. The van der Waals surface area contributed by atoms with Crippen LogP contribution in [-0.2, 0) is 0 Å². The summed E-state index contributed by atoms with van der Waals surface area (Å²) >= 11 is 0. The van der Waals surface area contributed by atoms with Gasteiger partial charge in [-0.05, 0) is 38.1 Å². The predicted molar refractivity (Wildman–Crippen MR) is 69.3 cm³/mol. The fourth-order valence-corrected chi connectivity index (χ4v) is 2.63. The molecule has 0 spiro atoms. The van der Waals surface area contributed by atoms with Gasteiger partial charge in [0.2, 0.25) is 5.78 Å². The van der Waals surface area contributed by atoms with Crippen molar-refractivity contribution in [2.24, 2.45) is 0 Å². The molecule has 1 heterocycles. The van der Waals surface area contributed by atoms with Crippen LogP contribution in [0.15, 0.2) is 22.8 Å². The van der Waals surface area contributed by atoms with Crippen molar-refractivity contribution < 1.29 is 9.21 Å². The van der Waals surface area contributed by atoms with E-state index in [2.05, 4.69) is 32.6 Å². The van der Waals surface area contributed by atoms with Crippen LogP contribution in [0, 0.1) is 0 Å². The topological polar surface area (TPSA) is 33.5 Å². The summed E-state index contributed by atoms with van der Waals surface area (Å²) in [5.74, 6) is 0.580. The van der Waals surface area contributed by atoms with Crippen molar-refractivity contribution in [3.63, 3.8) is 0 Å². The zero-order chi connectivity index (χ0) is 12.9. The molecule has 17 heavy (non-hydrogen) atoms. The first-order valence-electron chi connectivity index (χ1n) is 6.49. The Hall–Kier alpha value is -1.09. The Bertz CT molecular complexity index is 335. The zero-order valence-electron chi connectivity index (χ0n) is 11.3. The fraction of sp³-hybridized carbons (Fsp3) is 0.643. The molecule has 1 aromatic heterocycles. The van der Waals surface area contributed by atoms with Crippen molar-refractivity contribution in [2.75, 3.05) is 13.1 Å². The third kappa shape index (κ3) is 2.44. The first-order valence-corrected chi connectivity index (χ1v) is 6.49. The Morgan fingerprint density at radius 1 is 1.24 bits per heavy atom. The SMILES string of the molecule is CCN(CC)C(CC)(CC)C(=O)c1ccco1. The average molecular weight is 237 g/mol. The second-order valence-electron chi connectivity index (χ2n) is 4.22. The van der Waals surface area contributed by atoms with Gasteiger partial charge >= 0.3 is 0 Å². The van der Waals surface area contributed by atoms with Crippen molar-refractivity contribution in [2.45, 2.75) is 46.1 Å². The lowest BCUT2D eigenvalue weighted by atomic mass is 9.84. The molecule has 3 heteroatoms. The summed E-state index contributed by atoms with van der Waals surface area (Å²) in [6.45, 7) is 10.1. The molecule has 0 aromatic carbocycles. The van der Waals surface area contributed by atoms with E-state index < -0.39 is 5.54 Å². The summed E-state index contributed by atoms with van der Waals surface area (Å²) in [7, 11) is 0. The Morgan fingerprint density at radius 3 is 2.18 bits per heavy atom. The van der Waals surface area contributed by atoms with Crippen molar-refractivity contribution in [3.05, 3.63) is 24.2 Å². The number of furan rings is 1. The number of nitrogens with zero attached hydrogens (tertiary/aromatic N) is 1. The smallest absolute Gasteiger partial charge is 0.218 e. The standard InChI is InChI=1S/C14H23NO2/c1-5-14(6-2,15(7-3)8-4)13(16)12-10-9-11-17-12/h9-11H,5-8H2,1-4H3. The first-order chi connectivity index (χ1) is 8.16. The van der Waals surface area contributed by atoms with E-state index in [4.69, 9.17) is 4.42 Å². The third-order valence-electron chi connectivity index (χ3n) is 3.71. The first kappa shape index (κ1) is 14.0. The molecule has 0 radical (unpaired) electrons. The van der Waals surface area contributed by atoms with Gasteiger partial charge in [0.25, 0.3) is 0 Å². The molecule has 0 bridgehead atoms. The van der Waals surface area contributed by atoms with Gasteiger partial charge in [0.1, 0.15) is 0 Å². The lowest BCUT2D eigenvalue weighted by Crippen LogP contribution is -2.53. The Labute approximate surface area is 104 Å². The number of carbonyl (C=O) groups excluding carboxylic acids is 1. The van der Waals surface area contributed by atoms with Crippen LogP contribution in [0.3, 0.4) is 0 Å². The molecule has 0 saturated heterocycles. The number of carbonyl (C=O) groups is 1. The Morgan fingerprint density at radius 2 is 1.82 bits per heavy atom. The third-order valence-corrected chi connectivity index (χ3v) is 3.71. The minimum absolute atomic E-state index is 0.108. The van der Waals surface area contributed by atoms with Gasteiger partial charge in [-0.3, -0.25) is 9.69 Å². The normalized spacial score (nSPS) is 12.1. The lowest BCUT2D eigenvalue weighted by molar-refractivity contribution is 0.0506. The second kappa shape index (κ2) is 6.01. The van der Waals surface area contributed by atoms with Gasteiger partial charge in [0.05, 0.1) is 11.8 Å². The summed E-state index contributed by atoms with van der Waals surface area (Å²) in [5, 5.41) is 0. The average Bonchev–Trinajstić information content (AvgIpc) is 2.89. The Kier molecular flexibility index (Phi) is 4.94. The minimum Gasteiger partial charge on any atom is -0.461 e. The summed E-state index contributed by atoms with van der Waals surface area (Å²) in [6, 6.07) is 3.53. The van der Waals surface area contributed by atoms with E-state index in [0.29, 0.717) is 5.76 Å². The monoisotopic (exact) mass is 237 g/mol. The number of hydrogen-bond donors (Lipinski definition) is 0. The van der Waals surface area contributed by atoms with E-state index in [9.17, 15) is 4.79 Å². The molecule has 0 aliphatic rings. The van der Waals surface area contributed by atoms with E-state index in [0.717, 1.165) is 25.9 Å². The highest BCUT2D eigenvalue weighted by Gasteiger charge is 2.41. The van der Waals surface area contributed by atoms with Crippen LogP contribution in [0.2, 0.25) is 0 Å². The molecule has 0 aliphatic heterocycles. The van der Waals surface area contributed by atoms with Crippen LogP contribution in [0.1, 0.15) is 51.1 Å². The highest BCUT2D eigenvalue weighted by molar-refractivity contribution is 6.01. The lowest BCUT2D eigenvalue weighted by Gasteiger charge is -2.40. The number of hydrogen-bond acceptors (Lipinski definition) is 3. The van der Waals surface area contributed by atoms with Gasteiger partial charge in [0.15, 0.2) is 5.76 Å². The maximum absolute atomic E-state index is 12.6. The molecule has 1 aromatic rings. The van der Waals surface area contributed by atoms with Gasteiger partial charge in [0, 0.05) is 0 Å². The van der Waals surface area contributed by atoms with Gasteiger partial charge < -0.3 is 4.42 Å². The van der Waals surface area contributed by atoms with Crippen LogP contribution >= 0.6 is 0 Å². The van der Waals surface area contributed by atoms with Gasteiger partial charge in [-0.25, -0.2) is 0 Å². The van der Waals surface area contributed by atoms with Crippen molar-refractivity contribution >= 4 is 5.78 Å². The van der Waals surface area contributed by atoms with Crippen LogP contribution in [0.5, 0.6) is 0 Å². The molecule has 96 valence electrons. The van der Waals surface area contributed by atoms with E-state index in [-0.39, 0.29) is 5.78 Å². The molecule has 0 N–H and O–H groups in total. The molecule has 0 atom stereocenters. The molecule has 0 fully saturated rings. The molecular formula is C14H23NO2. The molecule has 0 amide bonds. The zero-order valence-corrected chi connectivity index (χ0v) is 11.3. The molecular weight excluding hydrogens is 214 g/mol. The van der Waals surface area contributed by atoms with E-state index in [1.54, 1.807) is 18.4 Å². The maximum Gasteiger partial charge on any atom is 0.218 e. The number of Topliss-reactive ketones (excluding diaryl/α,β-unsaturated/α-hetero) is 1. The van der Waals surface area contributed by atoms with Crippen LogP contribution < -0.4 is 0 Å². The second-order valence-corrected chi connectivity index (χ2v) is 4.22. The molecule has 3 nitrogen and oxygen atoms in total. The predicted octanol–water partition coefficient (Wildman–Crippen LogP) is 3.36. The van der Waals surface area contributed by atoms with Gasteiger partial charge in [-0.15, -0.1) is 0 Å². The van der Waals surface area contributed by atoms with E-state index in [1.807, 2.05) is 0 Å². The quantitative estimate of drug-likeness (QED) is 0.682. The van der Waals surface area contributed by atoms with Crippen LogP contribution in [0.25, 0.3) is 0 Å². The highest BCUT2D eigenvalue weighted by Crippen LogP contribution is 2.28. The minimum atomic E-state index is -0.415.